The Bertz CT molecular complexity index is 575. The van der Waals surface area contributed by atoms with E-state index in [0.29, 0.717) is 5.16 Å². The van der Waals surface area contributed by atoms with Gasteiger partial charge in [0.15, 0.2) is 0 Å². The maximum Gasteiger partial charge on any atom is 0.327 e. The molecule has 0 aliphatic rings. The molecule has 1 aromatic heterocycles. The second kappa shape index (κ2) is 6.67. The number of rotatable bonds is 5. The quantitative estimate of drug-likeness (QED) is 0.610. The van der Waals surface area contributed by atoms with Crippen LogP contribution in [0, 0.1) is 0 Å². The number of methoxy groups -OCH3 is 1. The number of aromatic nitrogens is 4. The Morgan fingerprint density at radius 1 is 1.53 bits per heavy atom. The Morgan fingerprint density at radius 3 is 3.11 bits per heavy atom. The van der Waals surface area contributed by atoms with Gasteiger partial charge in [0.25, 0.3) is 0 Å². The van der Waals surface area contributed by atoms with Crippen LogP contribution in [0.1, 0.15) is 5.56 Å². The lowest BCUT2D eigenvalue weighted by molar-refractivity contribution is -0.141. The third-order valence-electron chi connectivity index (χ3n) is 2.26. The highest BCUT2D eigenvalue weighted by Crippen LogP contribution is 2.21. The molecule has 0 aliphatic carbocycles. The molecule has 1 heterocycles. The molecule has 0 saturated carbocycles. The summed E-state index contributed by atoms with van der Waals surface area (Å²) in [6.07, 6.45) is 0. The van der Waals surface area contributed by atoms with Crippen LogP contribution in [-0.4, -0.2) is 33.3 Å². The molecule has 0 fully saturated rings. The summed E-state index contributed by atoms with van der Waals surface area (Å²) in [4.78, 5) is 11.2. The first-order valence-corrected chi connectivity index (χ1v) is 7.17. The van der Waals surface area contributed by atoms with E-state index in [-0.39, 0.29) is 12.5 Å². The van der Waals surface area contributed by atoms with Gasteiger partial charge in [-0.3, -0.25) is 4.79 Å². The van der Waals surface area contributed by atoms with Gasteiger partial charge in [0.2, 0.25) is 5.16 Å². The van der Waals surface area contributed by atoms with E-state index in [4.69, 9.17) is 0 Å². The van der Waals surface area contributed by atoms with Crippen molar-refractivity contribution in [3.8, 4) is 0 Å². The van der Waals surface area contributed by atoms with E-state index in [0.717, 1.165) is 15.8 Å². The molecule has 19 heavy (non-hydrogen) atoms. The van der Waals surface area contributed by atoms with Crippen molar-refractivity contribution in [3.63, 3.8) is 0 Å². The van der Waals surface area contributed by atoms with Crippen molar-refractivity contribution in [2.24, 2.45) is 0 Å². The van der Waals surface area contributed by atoms with Gasteiger partial charge in [-0.15, -0.1) is 5.10 Å². The standard InChI is InChI=1S/C11H11BrN4O2S/c1-18-10(17)6-16-11(13-14-15-16)19-7-8-3-2-4-9(12)5-8/h2-5H,6-7H2,1H3. The van der Waals surface area contributed by atoms with E-state index in [1.165, 1.54) is 23.6 Å². The van der Waals surface area contributed by atoms with Crippen LogP contribution < -0.4 is 0 Å². The van der Waals surface area contributed by atoms with Gasteiger partial charge in [-0.25, -0.2) is 4.68 Å². The maximum absolute atomic E-state index is 11.2. The number of ether oxygens (including phenoxy) is 1. The minimum Gasteiger partial charge on any atom is -0.468 e. The van der Waals surface area contributed by atoms with Crippen LogP contribution in [-0.2, 0) is 21.8 Å². The summed E-state index contributed by atoms with van der Waals surface area (Å²) in [6, 6.07) is 7.99. The van der Waals surface area contributed by atoms with Crippen molar-refractivity contribution in [2.45, 2.75) is 17.5 Å². The largest absolute Gasteiger partial charge is 0.468 e. The van der Waals surface area contributed by atoms with Crippen molar-refractivity contribution in [1.29, 1.82) is 0 Å². The summed E-state index contributed by atoms with van der Waals surface area (Å²) >= 11 is 4.89. The number of hydrogen-bond acceptors (Lipinski definition) is 6. The molecule has 1 aromatic carbocycles. The zero-order chi connectivity index (χ0) is 13.7. The Balaban J connectivity index is 2.00. The van der Waals surface area contributed by atoms with Gasteiger partial charge in [-0.1, -0.05) is 39.8 Å². The van der Waals surface area contributed by atoms with Gasteiger partial charge in [0, 0.05) is 10.2 Å². The van der Waals surface area contributed by atoms with Crippen molar-refractivity contribution >= 4 is 33.7 Å². The predicted molar refractivity (Wildman–Crippen MR) is 73.5 cm³/mol. The number of tetrazole rings is 1. The summed E-state index contributed by atoms with van der Waals surface area (Å²) in [5.74, 6) is 0.345. The Kier molecular flexibility index (Phi) is 4.92. The van der Waals surface area contributed by atoms with E-state index in [1.807, 2.05) is 24.3 Å². The van der Waals surface area contributed by atoms with Crippen LogP contribution >= 0.6 is 27.7 Å². The van der Waals surface area contributed by atoms with Crippen molar-refractivity contribution in [3.05, 3.63) is 34.3 Å². The molecule has 8 heteroatoms. The Morgan fingerprint density at radius 2 is 2.37 bits per heavy atom. The molecule has 6 nitrogen and oxygen atoms in total. The van der Waals surface area contributed by atoms with Crippen molar-refractivity contribution < 1.29 is 9.53 Å². The monoisotopic (exact) mass is 342 g/mol. The van der Waals surface area contributed by atoms with E-state index >= 15 is 0 Å². The van der Waals surface area contributed by atoms with Crippen LogP contribution in [0.4, 0.5) is 0 Å². The fourth-order valence-electron chi connectivity index (χ4n) is 1.36. The molecule has 0 saturated heterocycles. The van der Waals surface area contributed by atoms with Gasteiger partial charge < -0.3 is 4.74 Å². The van der Waals surface area contributed by atoms with E-state index < -0.39 is 0 Å². The minimum absolute atomic E-state index is 0.0182. The molecule has 2 aromatic rings. The summed E-state index contributed by atoms with van der Waals surface area (Å²) in [5.41, 5.74) is 1.15. The first-order chi connectivity index (χ1) is 9.19. The lowest BCUT2D eigenvalue weighted by Gasteiger charge is -2.03. The van der Waals surface area contributed by atoms with Crippen LogP contribution in [0.5, 0.6) is 0 Å². The maximum atomic E-state index is 11.2. The number of halogens is 1. The van der Waals surface area contributed by atoms with Crippen molar-refractivity contribution in [2.75, 3.05) is 7.11 Å². The van der Waals surface area contributed by atoms with E-state index in [9.17, 15) is 4.79 Å². The Hall–Kier alpha value is -1.41. The number of benzene rings is 1. The van der Waals surface area contributed by atoms with Crippen LogP contribution in [0.3, 0.4) is 0 Å². The highest BCUT2D eigenvalue weighted by molar-refractivity contribution is 9.10. The number of carbonyl (C=O) groups excluding carboxylic acids is 1. The molecule has 0 radical (unpaired) electrons. The summed E-state index contributed by atoms with van der Waals surface area (Å²) < 4.78 is 7.04. The first-order valence-electron chi connectivity index (χ1n) is 5.39. The van der Waals surface area contributed by atoms with E-state index in [1.54, 1.807) is 0 Å². The average molecular weight is 343 g/mol. The number of hydrogen-bond donors (Lipinski definition) is 0. The summed E-state index contributed by atoms with van der Waals surface area (Å²) in [6.45, 7) is 0.0182. The molecule has 0 amide bonds. The van der Waals surface area contributed by atoms with Gasteiger partial charge in [-0.2, -0.15) is 0 Å². The van der Waals surface area contributed by atoms with Crippen LogP contribution in [0.15, 0.2) is 33.9 Å². The fraction of sp³-hybridized carbons (Fsp3) is 0.273. The molecule has 0 spiro atoms. The predicted octanol–water partition coefficient (Wildman–Crippen LogP) is 1.90. The molecular formula is C11H11BrN4O2S. The van der Waals surface area contributed by atoms with Gasteiger partial charge >= 0.3 is 5.97 Å². The number of thioether (sulfide) groups is 1. The van der Waals surface area contributed by atoms with Gasteiger partial charge in [0.1, 0.15) is 6.54 Å². The average Bonchev–Trinajstić information content (AvgIpc) is 2.83. The third-order valence-corrected chi connectivity index (χ3v) is 3.78. The van der Waals surface area contributed by atoms with Crippen LogP contribution in [0.2, 0.25) is 0 Å². The van der Waals surface area contributed by atoms with Gasteiger partial charge in [0.05, 0.1) is 7.11 Å². The number of carbonyl (C=O) groups is 1. The lowest BCUT2D eigenvalue weighted by Crippen LogP contribution is -2.13. The summed E-state index contributed by atoms with van der Waals surface area (Å²) in [7, 11) is 1.33. The molecule has 0 aliphatic heterocycles. The van der Waals surface area contributed by atoms with Crippen molar-refractivity contribution in [1.82, 2.24) is 20.2 Å². The molecule has 0 unspecified atom stereocenters. The highest BCUT2D eigenvalue weighted by atomic mass is 79.9. The SMILES string of the molecule is COC(=O)Cn1nnnc1SCc1cccc(Br)c1. The smallest absolute Gasteiger partial charge is 0.327 e. The third kappa shape index (κ3) is 4.03. The molecule has 0 bridgehead atoms. The second-order valence-electron chi connectivity index (χ2n) is 3.61. The molecule has 2 rings (SSSR count). The van der Waals surface area contributed by atoms with Crippen LogP contribution in [0.25, 0.3) is 0 Å². The minimum atomic E-state index is -0.378. The highest BCUT2D eigenvalue weighted by Gasteiger charge is 2.11. The normalized spacial score (nSPS) is 10.4. The fourth-order valence-corrected chi connectivity index (χ4v) is 2.63. The topological polar surface area (TPSA) is 69.9 Å². The summed E-state index contributed by atoms with van der Waals surface area (Å²) in [5, 5.41) is 11.8. The zero-order valence-corrected chi connectivity index (χ0v) is 12.5. The number of nitrogens with zero attached hydrogens (tertiary/aromatic N) is 4. The molecule has 100 valence electrons. The molecule has 0 atom stereocenters. The Labute approximate surface area is 122 Å². The van der Waals surface area contributed by atoms with Gasteiger partial charge in [-0.05, 0) is 28.1 Å². The second-order valence-corrected chi connectivity index (χ2v) is 5.47. The van der Waals surface area contributed by atoms with E-state index in [2.05, 4.69) is 36.2 Å². The molecular weight excluding hydrogens is 332 g/mol. The number of esters is 1. The lowest BCUT2D eigenvalue weighted by atomic mass is 10.2. The zero-order valence-electron chi connectivity index (χ0n) is 10.1. The molecule has 0 N–H and O–H groups in total. The first kappa shape index (κ1) is 14.0.